The van der Waals surface area contributed by atoms with E-state index in [1.165, 1.54) is 11.3 Å². The summed E-state index contributed by atoms with van der Waals surface area (Å²) in [5, 5.41) is 19.9. The monoisotopic (exact) mass is 416 g/mol. The highest BCUT2D eigenvalue weighted by Gasteiger charge is 2.46. The minimum Gasteiger partial charge on any atom is -0.507 e. The number of aryl methyl sites for hydroxylation is 2. The van der Waals surface area contributed by atoms with Gasteiger partial charge in [-0.1, -0.05) is 6.07 Å². The maximum absolute atomic E-state index is 13.0. The van der Waals surface area contributed by atoms with Gasteiger partial charge in [0.2, 0.25) is 0 Å². The number of H-pyrrole nitrogens is 1. The molecule has 154 valence electrons. The van der Waals surface area contributed by atoms with Crippen LogP contribution in [0.5, 0.6) is 0 Å². The third-order valence-corrected chi connectivity index (χ3v) is 6.40. The van der Waals surface area contributed by atoms with Crippen LogP contribution in [0.25, 0.3) is 5.76 Å². The number of aliphatic hydroxyl groups is 1. The number of likely N-dealkylation sites (tertiary alicyclic amines) is 1. The number of hydrogen-bond donors (Lipinski definition) is 2. The molecule has 0 saturated carbocycles. The van der Waals surface area contributed by atoms with Crippen LogP contribution in [0.3, 0.4) is 0 Å². The smallest absolute Gasteiger partial charge is 0.295 e. The van der Waals surface area contributed by atoms with Crippen molar-refractivity contribution in [3.05, 3.63) is 44.9 Å². The first-order valence-electron chi connectivity index (χ1n) is 9.63. The zero-order valence-electron chi connectivity index (χ0n) is 16.5. The van der Waals surface area contributed by atoms with E-state index in [1.54, 1.807) is 18.7 Å². The van der Waals surface area contributed by atoms with E-state index in [0.717, 1.165) is 18.0 Å². The van der Waals surface area contributed by atoms with Crippen LogP contribution in [-0.2, 0) is 14.3 Å². The van der Waals surface area contributed by atoms with E-state index in [2.05, 4.69) is 15.1 Å². The van der Waals surface area contributed by atoms with E-state index < -0.39 is 17.7 Å². The molecule has 0 unspecified atom stereocenters. The molecule has 0 aliphatic carbocycles. The first-order valence-corrected chi connectivity index (χ1v) is 10.5. The molecule has 0 radical (unpaired) electrons. The largest absolute Gasteiger partial charge is 0.507 e. The summed E-state index contributed by atoms with van der Waals surface area (Å²) in [4.78, 5) is 30.5. The maximum Gasteiger partial charge on any atom is 0.295 e. The number of aliphatic hydroxyl groups excluding tert-OH is 1. The van der Waals surface area contributed by atoms with E-state index in [0.29, 0.717) is 43.3 Å². The van der Waals surface area contributed by atoms with Gasteiger partial charge in [-0.05, 0) is 25.3 Å². The summed E-state index contributed by atoms with van der Waals surface area (Å²) >= 11 is 1.47. The molecule has 29 heavy (non-hydrogen) atoms. The fourth-order valence-electron chi connectivity index (χ4n) is 3.96. The molecule has 0 spiro atoms. The van der Waals surface area contributed by atoms with Crippen LogP contribution in [0.1, 0.15) is 27.9 Å². The van der Waals surface area contributed by atoms with Crippen molar-refractivity contribution in [1.29, 1.82) is 0 Å². The third kappa shape index (κ3) is 3.61. The van der Waals surface area contributed by atoms with E-state index >= 15 is 0 Å². The fourth-order valence-corrected chi connectivity index (χ4v) is 4.81. The average molecular weight is 417 g/mol. The topological polar surface area (TPSA) is 98.8 Å². The lowest BCUT2D eigenvalue weighted by Gasteiger charge is -2.30. The molecule has 2 N–H and O–H groups in total. The number of Topliss-reactive ketones (excluding diaryl/α,β-unsaturated/α-hetero) is 1. The summed E-state index contributed by atoms with van der Waals surface area (Å²) in [6, 6.07) is 3.19. The molecule has 1 atom stereocenters. The van der Waals surface area contributed by atoms with Crippen molar-refractivity contribution in [3.63, 3.8) is 0 Å². The summed E-state index contributed by atoms with van der Waals surface area (Å²) in [6.07, 6.45) is 0. The van der Waals surface area contributed by atoms with Gasteiger partial charge in [0.05, 0.1) is 36.1 Å². The van der Waals surface area contributed by atoms with Crippen molar-refractivity contribution in [2.45, 2.75) is 19.9 Å². The lowest BCUT2D eigenvalue weighted by molar-refractivity contribution is -0.140. The number of carbonyl (C=O) groups excluding carboxylic acids is 2. The normalized spacial score (nSPS) is 22.6. The molecule has 2 aliphatic rings. The van der Waals surface area contributed by atoms with Gasteiger partial charge < -0.3 is 14.7 Å². The Hall–Kier alpha value is -2.49. The van der Waals surface area contributed by atoms with Crippen molar-refractivity contribution >= 4 is 28.8 Å². The van der Waals surface area contributed by atoms with Crippen LogP contribution in [-0.4, -0.2) is 76.2 Å². The maximum atomic E-state index is 13.0. The number of ketones is 1. The number of hydrogen-bond acceptors (Lipinski definition) is 7. The molecule has 2 fully saturated rings. The summed E-state index contributed by atoms with van der Waals surface area (Å²) < 4.78 is 5.38. The van der Waals surface area contributed by atoms with Gasteiger partial charge in [0.1, 0.15) is 5.76 Å². The number of amides is 1. The molecule has 2 aromatic heterocycles. The minimum absolute atomic E-state index is 0.132. The first kappa shape index (κ1) is 19.8. The molecule has 1 amide bonds. The van der Waals surface area contributed by atoms with Gasteiger partial charge in [-0.3, -0.25) is 19.6 Å². The van der Waals surface area contributed by atoms with Crippen molar-refractivity contribution in [2.75, 3.05) is 39.4 Å². The van der Waals surface area contributed by atoms with Crippen LogP contribution in [0.15, 0.2) is 23.1 Å². The number of carbonyl (C=O) groups is 2. The standard InChI is InChI=1S/C20H24N4O4S/c1-12-15(13(2)22-21-12)18(25)16-17(14-4-3-11-29-14)24(20(27)19(16)26)6-5-23-7-9-28-10-8-23/h3-4,11,17,25H,5-10H2,1-2H3,(H,21,22)/t17-/m0/s1. The molecule has 9 heteroatoms. The van der Waals surface area contributed by atoms with E-state index in [9.17, 15) is 14.7 Å². The Kier molecular flexibility index (Phi) is 5.53. The Labute approximate surface area is 172 Å². The number of rotatable bonds is 5. The van der Waals surface area contributed by atoms with Gasteiger partial charge in [-0.2, -0.15) is 5.10 Å². The highest BCUT2D eigenvalue weighted by molar-refractivity contribution is 7.10. The fraction of sp³-hybridized carbons (Fsp3) is 0.450. The van der Waals surface area contributed by atoms with Crippen molar-refractivity contribution in [1.82, 2.24) is 20.0 Å². The molecule has 4 heterocycles. The van der Waals surface area contributed by atoms with Crippen LogP contribution < -0.4 is 0 Å². The summed E-state index contributed by atoms with van der Waals surface area (Å²) in [5.41, 5.74) is 1.86. The number of nitrogens with one attached hydrogen (secondary N) is 1. The molecule has 2 aromatic rings. The summed E-state index contributed by atoms with van der Waals surface area (Å²) in [7, 11) is 0. The van der Waals surface area contributed by atoms with Crippen molar-refractivity contribution < 1.29 is 19.4 Å². The molecular weight excluding hydrogens is 392 g/mol. The number of ether oxygens (including phenoxy) is 1. The molecule has 0 bridgehead atoms. The second-order valence-electron chi connectivity index (χ2n) is 7.27. The Balaban J connectivity index is 1.72. The second kappa shape index (κ2) is 8.10. The quantitative estimate of drug-likeness (QED) is 0.438. The molecule has 2 aliphatic heterocycles. The Morgan fingerprint density at radius 2 is 2.07 bits per heavy atom. The number of thiophene rings is 1. The van der Waals surface area contributed by atoms with E-state index in [-0.39, 0.29) is 11.3 Å². The number of aromatic amines is 1. The number of morpholine rings is 1. The third-order valence-electron chi connectivity index (χ3n) is 5.48. The van der Waals surface area contributed by atoms with Gasteiger partial charge in [-0.25, -0.2) is 0 Å². The average Bonchev–Trinajstić information content (AvgIpc) is 3.41. The number of nitrogens with zero attached hydrogens (tertiary/aromatic N) is 3. The van der Waals surface area contributed by atoms with Gasteiger partial charge in [-0.15, -0.1) is 11.3 Å². The van der Waals surface area contributed by atoms with Gasteiger partial charge in [0, 0.05) is 36.8 Å². The van der Waals surface area contributed by atoms with Gasteiger partial charge in [0.15, 0.2) is 0 Å². The molecule has 4 rings (SSSR count). The molecular formula is C20H24N4O4S. The Morgan fingerprint density at radius 3 is 2.69 bits per heavy atom. The number of aromatic nitrogens is 2. The minimum atomic E-state index is -0.650. The van der Waals surface area contributed by atoms with Gasteiger partial charge >= 0.3 is 0 Å². The molecule has 0 aromatic carbocycles. The lowest BCUT2D eigenvalue weighted by atomic mass is 9.99. The first-order chi connectivity index (χ1) is 14.0. The van der Waals surface area contributed by atoms with Crippen LogP contribution in [0, 0.1) is 13.8 Å². The Morgan fingerprint density at radius 1 is 1.31 bits per heavy atom. The van der Waals surface area contributed by atoms with Crippen LogP contribution >= 0.6 is 11.3 Å². The van der Waals surface area contributed by atoms with Crippen LogP contribution in [0.2, 0.25) is 0 Å². The predicted octanol–water partition coefficient (Wildman–Crippen LogP) is 1.84. The van der Waals surface area contributed by atoms with Crippen LogP contribution in [0.4, 0.5) is 0 Å². The van der Waals surface area contributed by atoms with Crippen molar-refractivity contribution in [2.24, 2.45) is 0 Å². The highest BCUT2D eigenvalue weighted by Crippen LogP contribution is 2.41. The Bertz CT molecular complexity index is 924. The second-order valence-corrected chi connectivity index (χ2v) is 8.25. The lowest BCUT2D eigenvalue weighted by Crippen LogP contribution is -2.42. The van der Waals surface area contributed by atoms with Gasteiger partial charge in [0.25, 0.3) is 11.7 Å². The van der Waals surface area contributed by atoms with Crippen molar-refractivity contribution in [3.8, 4) is 0 Å². The highest BCUT2D eigenvalue weighted by atomic mass is 32.1. The zero-order chi connectivity index (χ0) is 20.5. The molecule has 8 nitrogen and oxygen atoms in total. The summed E-state index contributed by atoms with van der Waals surface area (Å²) in [5.74, 6) is -1.39. The zero-order valence-corrected chi connectivity index (χ0v) is 17.3. The summed E-state index contributed by atoms with van der Waals surface area (Å²) in [6.45, 7) is 7.56. The van der Waals surface area contributed by atoms with E-state index in [4.69, 9.17) is 4.74 Å². The molecule has 2 saturated heterocycles. The van der Waals surface area contributed by atoms with E-state index in [1.807, 2.05) is 17.5 Å². The SMILES string of the molecule is Cc1n[nH]c(C)c1C(O)=C1C(=O)C(=O)N(CCN2CCOCC2)[C@H]1c1cccs1. The predicted molar refractivity (Wildman–Crippen MR) is 109 cm³/mol.